The number of rotatable bonds is 7. The molecular weight excluding hydrogens is 399 g/mol. The van der Waals surface area contributed by atoms with E-state index in [4.69, 9.17) is 9.94 Å². The third-order valence-corrected chi connectivity index (χ3v) is 4.60. The first-order valence-electron chi connectivity index (χ1n) is 9.43. The molecule has 31 heavy (non-hydrogen) atoms. The third kappa shape index (κ3) is 5.77. The zero-order chi connectivity index (χ0) is 22.2. The summed E-state index contributed by atoms with van der Waals surface area (Å²) in [4.78, 5) is 24.4. The minimum atomic E-state index is -0.611. The van der Waals surface area contributed by atoms with E-state index in [1.807, 2.05) is 0 Å². The van der Waals surface area contributed by atoms with Gasteiger partial charge in [0.1, 0.15) is 11.6 Å². The van der Waals surface area contributed by atoms with Crippen LogP contribution in [0.2, 0.25) is 0 Å². The molecule has 158 valence electrons. The Hall–Kier alpha value is -3.97. The second-order valence-corrected chi connectivity index (χ2v) is 6.66. The number of carbonyl (C=O) groups excluding carboxylic acids is 2. The number of halogens is 1. The molecule has 0 heterocycles. The van der Waals surface area contributed by atoms with Gasteiger partial charge in [-0.05, 0) is 59.2 Å². The van der Waals surface area contributed by atoms with Crippen LogP contribution in [0.1, 0.15) is 27.0 Å². The second kappa shape index (κ2) is 10.2. The number of methoxy groups -OCH3 is 1. The Morgan fingerprint density at radius 2 is 1.55 bits per heavy atom. The smallest absolute Gasteiger partial charge is 0.274 e. The lowest BCUT2D eigenvalue weighted by Crippen LogP contribution is -2.24. The van der Waals surface area contributed by atoms with Gasteiger partial charge in [0, 0.05) is 17.7 Å². The van der Waals surface area contributed by atoms with Gasteiger partial charge in [-0.2, -0.15) is 0 Å². The van der Waals surface area contributed by atoms with E-state index in [1.165, 1.54) is 12.1 Å². The molecule has 0 saturated carbocycles. The molecule has 0 atom stereocenters. The average Bonchev–Trinajstić information content (AvgIpc) is 2.82. The van der Waals surface area contributed by atoms with Crippen molar-refractivity contribution in [2.75, 3.05) is 7.11 Å². The Morgan fingerprint density at radius 1 is 0.935 bits per heavy atom. The van der Waals surface area contributed by atoms with Crippen LogP contribution >= 0.6 is 0 Å². The minimum absolute atomic E-state index is 0.233. The summed E-state index contributed by atoms with van der Waals surface area (Å²) in [5.74, 6) is -0.616. The molecule has 3 aromatic carbocycles. The van der Waals surface area contributed by atoms with Crippen LogP contribution < -0.4 is 15.5 Å². The first-order chi connectivity index (χ1) is 15.0. The van der Waals surface area contributed by atoms with Crippen molar-refractivity contribution in [2.45, 2.75) is 6.54 Å². The van der Waals surface area contributed by atoms with E-state index in [0.717, 1.165) is 5.56 Å². The summed E-state index contributed by atoms with van der Waals surface area (Å²) in [6, 6.07) is 19.4. The summed E-state index contributed by atoms with van der Waals surface area (Å²) in [5, 5.41) is 11.5. The highest BCUT2D eigenvalue weighted by atomic mass is 19.1. The Labute approximate surface area is 178 Å². The maximum atomic E-state index is 13.2. The largest absolute Gasteiger partial charge is 0.497 e. The van der Waals surface area contributed by atoms with Gasteiger partial charge in [-0.15, -0.1) is 0 Å². The molecule has 3 N–H and O–H groups in total. The molecular formula is C24H21FN2O4. The van der Waals surface area contributed by atoms with Crippen LogP contribution in [0.15, 0.2) is 72.8 Å². The van der Waals surface area contributed by atoms with Gasteiger partial charge in [-0.25, -0.2) is 9.87 Å². The summed E-state index contributed by atoms with van der Waals surface area (Å²) in [5.41, 5.74) is 4.41. The fourth-order valence-electron chi connectivity index (χ4n) is 2.89. The van der Waals surface area contributed by atoms with Gasteiger partial charge in [0.15, 0.2) is 0 Å². The molecule has 2 amide bonds. The lowest BCUT2D eigenvalue weighted by Gasteiger charge is -2.11. The minimum Gasteiger partial charge on any atom is -0.497 e. The Morgan fingerprint density at radius 3 is 2.13 bits per heavy atom. The van der Waals surface area contributed by atoms with Crippen molar-refractivity contribution < 1.29 is 23.9 Å². The molecule has 7 heteroatoms. The van der Waals surface area contributed by atoms with Crippen LogP contribution in [0.5, 0.6) is 5.75 Å². The van der Waals surface area contributed by atoms with Crippen molar-refractivity contribution in [1.82, 2.24) is 10.8 Å². The van der Waals surface area contributed by atoms with Crippen LogP contribution in [-0.4, -0.2) is 24.1 Å². The first kappa shape index (κ1) is 21.7. The summed E-state index contributed by atoms with van der Waals surface area (Å²) in [6.45, 7) is 0.233. The quantitative estimate of drug-likeness (QED) is 0.235. The highest BCUT2D eigenvalue weighted by Gasteiger charge is 2.13. The van der Waals surface area contributed by atoms with E-state index in [2.05, 4.69) is 5.32 Å². The maximum Gasteiger partial charge on any atom is 0.274 e. The molecule has 0 aliphatic rings. The van der Waals surface area contributed by atoms with Gasteiger partial charge in [-0.3, -0.25) is 14.8 Å². The van der Waals surface area contributed by atoms with Gasteiger partial charge in [-0.1, -0.05) is 36.4 Å². The summed E-state index contributed by atoms with van der Waals surface area (Å²) in [7, 11) is 1.56. The molecule has 0 radical (unpaired) electrons. The first-order valence-corrected chi connectivity index (χ1v) is 9.43. The fraction of sp³-hybridized carbons (Fsp3) is 0.0833. The lowest BCUT2D eigenvalue weighted by molar-refractivity contribution is -0.115. The standard InChI is InChI=1S/C24H21FN2O4/c1-31-21-12-8-18(9-13-21)22(14-16-4-10-20(25)11-5-16)24(29)26-15-17-2-6-19(7-3-17)23(28)27-30/h2-14,30H,15H2,1H3,(H,26,29)(H,27,28). The molecule has 0 spiro atoms. The number of carbonyl (C=O) groups is 2. The number of hydroxylamine groups is 1. The van der Waals surface area contributed by atoms with Crippen molar-refractivity contribution in [3.8, 4) is 5.75 Å². The predicted molar refractivity (Wildman–Crippen MR) is 115 cm³/mol. The zero-order valence-corrected chi connectivity index (χ0v) is 16.8. The molecule has 0 aromatic heterocycles. The van der Waals surface area contributed by atoms with Crippen LogP contribution in [0.25, 0.3) is 11.6 Å². The molecule has 0 fully saturated rings. The number of hydrogen-bond donors (Lipinski definition) is 3. The van der Waals surface area contributed by atoms with Crippen molar-refractivity contribution >= 4 is 23.5 Å². The fourth-order valence-corrected chi connectivity index (χ4v) is 2.89. The second-order valence-electron chi connectivity index (χ2n) is 6.66. The monoisotopic (exact) mass is 420 g/mol. The van der Waals surface area contributed by atoms with Crippen molar-refractivity contribution in [2.24, 2.45) is 0 Å². The average molecular weight is 420 g/mol. The van der Waals surface area contributed by atoms with Crippen LogP contribution in [-0.2, 0) is 11.3 Å². The maximum absolute atomic E-state index is 13.2. The van der Waals surface area contributed by atoms with E-state index in [1.54, 1.807) is 79.3 Å². The van der Waals surface area contributed by atoms with Crippen molar-refractivity contribution in [3.63, 3.8) is 0 Å². The summed E-state index contributed by atoms with van der Waals surface area (Å²) in [6.07, 6.45) is 1.69. The van der Waals surface area contributed by atoms with E-state index in [0.29, 0.717) is 28.0 Å². The summed E-state index contributed by atoms with van der Waals surface area (Å²) < 4.78 is 18.4. The van der Waals surface area contributed by atoms with Gasteiger partial charge >= 0.3 is 0 Å². The van der Waals surface area contributed by atoms with Gasteiger partial charge in [0.05, 0.1) is 7.11 Å². The lowest BCUT2D eigenvalue weighted by atomic mass is 10.0. The van der Waals surface area contributed by atoms with E-state index < -0.39 is 5.91 Å². The van der Waals surface area contributed by atoms with E-state index in [9.17, 15) is 14.0 Å². The Kier molecular flexibility index (Phi) is 7.13. The Bertz CT molecular complexity index is 1080. The molecule has 6 nitrogen and oxygen atoms in total. The summed E-state index contributed by atoms with van der Waals surface area (Å²) >= 11 is 0. The molecule has 0 unspecified atom stereocenters. The molecule has 0 aliphatic carbocycles. The molecule has 3 rings (SSSR count). The van der Waals surface area contributed by atoms with Crippen molar-refractivity contribution in [3.05, 3.63) is 101 Å². The molecule has 0 aliphatic heterocycles. The number of amides is 2. The molecule has 0 saturated heterocycles. The number of nitrogens with one attached hydrogen (secondary N) is 2. The van der Waals surface area contributed by atoms with Gasteiger partial charge < -0.3 is 10.1 Å². The van der Waals surface area contributed by atoms with Gasteiger partial charge in [0.2, 0.25) is 0 Å². The van der Waals surface area contributed by atoms with Crippen molar-refractivity contribution in [1.29, 1.82) is 0 Å². The Balaban J connectivity index is 1.81. The van der Waals surface area contributed by atoms with E-state index in [-0.39, 0.29) is 18.3 Å². The van der Waals surface area contributed by atoms with E-state index >= 15 is 0 Å². The molecule has 0 bridgehead atoms. The van der Waals surface area contributed by atoms with Crippen LogP contribution in [0.3, 0.4) is 0 Å². The van der Waals surface area contributed by atoms with Gasteiger partial charge in [0.25, 0.3) is 11.8 Å². The highest BCUT2D eigenvalue weighted by molar-refractivity contribution is 6.24. The highest BCUT2D eigenvalue weighted by Crippen LogP contribution is 2.22. The normalized spacial score (nSPS) is 11.0. The number of hydrogen-bond acceptors (Lipinski definition) is 4. The number of benzene rings is 3. The number of ether oxygens (including phenoxy) is 1. The molecule has 3 aromatic rings. The SMILES string of the molecule is COc1ccc(C(=Cc2ccc(F)cc2)C(=O)NCc2ccc(C(=O)NO)cc2)cc1. The predicted octanol–water partition coefficient (Wildman–Crippen LogP) is 3.81. The topological polar surface area (TPSA) is 87.7 Å². The van der Waals surface area contributed by atoms with Crippen LogP contribution in [0.4, 0.5) is 4.39 Å². The third-order valence-electron chi connectivity index (χ3n) is 4.60. The zero-order valence-electron chi connectivity index (χ0n) is 16.8. The van der Waals surface area contributed by atoms with Crippen LogP contribution in [0, 0.1) is 5.82 Å².